The van der Waals surface area contributed by atoms with Gasteiger partial charge in [0.15, 0.2) is 0 Å². The standard InChI is InChI=1S/C16H25NO4/c1-11-4-5-12(2)13(10-11)16(20)14(17-8-9-18)6-7-15(19)21-3/h4-5,10,14,16-18,20H,6-9H2,1-3H3. The van der Waals surface area contributed by atoms with Gasteiger partial charge in [-0.05, 0) is 31.4 Å². The largest absolute Gasteiger partial charge is 0.469 e. The van der Waals surface area contributed by atoms with Gasteiger partial charge in [-0.3, -0.25) is 4.79 Å². The summed E-state index contributed by atoms with van der Waals surface area (Å²) in [5.74, 6) is -0.307. The van der Waals surface area contributed by atoms with Crippen LogP contribution in [0.5, 0.6) is 0 Å². The maximum atomic E-state index is 11.3. The molecule has 0 saturated carbocycles. The SMILES string of the molecule is COC(=O)CCC(NCCO)C(O)c1cc(C)ccc1C. The second-order valence-electron chi connectivity index (χ2n) is 5.20. The second-order valence-corrected chi connectivity index (χ2v) is 5.20. The van der Waals surface area contributed by atoms with Crippen LogP contribution in [0, 0.1) is 13.8 Å². The molecule has 0 fully saturated rings. The Bertz CT molecular complexity index is 462. The molecule has 1 aromatic carbocycles. The highest BCUT2D eigenvalue weighted by Crippen LogP contribution is 2.24. The highest BCUT2D eigenvalue weighted by molar-refractivity contribution is 5.69. The lowest BCUT2D eigenvalue weighted by Gasteiger charge is -2.25. The molecule has 0 amide bonds. The molecule has 21 heavy (non-hydrogen) atoms. The molecule has 1 rings (SSSR count). The van der Waals surface area contributed by atoms with Gasteiger partial charge in [0.1, 0.15) is 0 Å². The van der Waals surface area contributed by atoms with E-state index in [1.54, 1.807) is 0 Å². The fourth-order valence-corrected chi connectivity index (χ4v) is 2.29. The predicted molar refractivity (Wildman–Crippen MR) is 81.0 cm³/mol. The minimum atomic E-state index is -0.735. The van der Waals surface area contributed by atoms with Gasteiger partial charge >= 0.3 is 5.97 Å². The van der Waals surface area contributed by atoms with Crippen molar-refractivity contribution in [3.8, 4) is 0 Å². The Morgan fingerprint density at radius 2 is 2.10 bits per heavy atom. The van der Waals surface area contributed by atoms with Crippen molar-refractivity contribution in [2.24, 2.45) is 0 Å². The van der Waals surface area contributed by atoms with E-state index >= 15 is 0 Å². The van der Waals surface area contributed by atoms with Gasteiger partial charge in [-0.1, -0.05) is 23.8 Å². The maximum absolute atomic E-state index is 11.3. The molecule has 118 valence electrons. The smallest absolute Gasteiger partial charge is 0.305 e. The van der Waals surface area contributed by atoms with Gasteiger partial charge in [0.05, 0.1) is 19.8 Å². The Hall–Kier alpha value is -1.43. The summed E-state index contributed by atoms with van der Waals surface area (Å²) in [7, 11) is 1.35. The van der Waals surface area contributed by atoms with Crippen LogP contribution in [0.2, 0.25) is 0 Å². The summed E-state index contributed by atoms with van der Waals surface area (Å²) in [5.41, 5.74) is 2.92. The molecule has 0 aliphatic carbocycles. The number of benzene rings is 1. The van der Waals surface area contributed by atoms with Crippen LogP contribution in [-0.4, -0.2) is 42.5 Å². The van der Waals surface area contributed by atoms with E-state index in [1.165, 1.54) is 7.11 Å². The highest BCUT2D eigenvalue weighted by Gasteiger charge is 2.23. The number of hydrogen-bond donors (Lipinski definition) is 3. The molecule has 3 N–H and O–H groups in total. The fourth-order valence-electron chi connectivity index (χ4n) is 2.29. The first kappa shape index (κ1) is 17.6. The Labute approximate surface area is 125 Å². The fraction of sp³-hybridized carbons (Fsp3) is 0.562. The average Bonchev–Trinajstić information content (AvgIpc) is 2.48. The van der Waals surface area contributed by atoms with E-state index in [2.05, 4.69) is 10.1 Å². The van der Waals surface area contributed by atoms with Crippen molar-refractivity contribution in [3.05, 3.63) is 34.9 Å². The Kier molecular flexibility index (Phi) is 7.36. The summed E-state index contributed by atoms with van der Waals surface area (Å²) in [4.78, 5) is 11.3. The number of esters is 1. The molecular formula is C16H25NO4. The molecule has 0 saturated heterocycles. The van der Waals surface area contributed by atoms with Gasteiger partial charge in [0.25, 0.3) is 0 Å². The quantitative estimate of drug-likeness (QED) is 0.629. The van der Waals surface area contributed by atoms with Gasteiger partial charge in [-0.15, -0.1) is 0 Å². The molecule has 5 nitrogen and oxygen atoms in total. The van der Waals surface area contributed by atoms with Crippen LogP contribution in [0.1, 0.15) is 35.6 Å². The van der Waals surface area contributed by atoms with Crippen molar-refractivity contribution in [3.63, 3.8) is 0 Å². The van der Waals surface area contributed by atoms with Crippen LogP contribution in [0.15, 0.2) is 18.2 Å². The Morgan fingerprint density at radius 1 is 1.38 bits per heavy atom. The number of aryl methyl sites for hydroxylation is 2. The number of rotatable bonds is 8. The monoisotopic (exact) mass is 295 g/mol. The number of carbonyl (C=O) groups excluding carboxylic acids is 1. The molecule has 5 heteroatoms. The summed E-state index contributed by atoms with van der Waals surface area (Å²) < 4.78 is 4.64. The van der Waals surface area contributed by atoms with E-state index in [4.69, 9.17) is 5.11 Å². The van der Waals surface area contributed by atoms with Crippen molar-refractivity contribution >= 4 is 5.97 Å². The lowest BCUT2D eigenvalue weighted by Crippen LogP contribution is -2.37. The second kappa shape index (κ2) is 8.77. The van der Waals surface area contributed by atoms with Gasteiger partial charge in [-0.2, -0.15) is 0 Å². The average molecular weight is 295 g/mol. The molecule has 2 unspecified atom stereocenters. The highest BCUT2D eigenvalue weighted by atomic mass is 16.5. The number of methoxy groups -OCH3 is 1. The van der Waals surface area contributed by atoms with Crippen molar-refractivity contribution in [1.29, 1.82) is 0 Å². The molecule has 0 aliphatic heterocycles. The Morgan fingerprint density at radius 3 is 2.71 bits per heavy atom. The third-order valence-corrected chi connectivity index (χ3v) is 3.54. The molecule has 0 bridgehead atoms. The van der Waals surface area contributed by atoms with Crippen molar-refractivity contribution < 1.29 is 19.7 Å². The minimum absolute atomic E-state index is 0.0196. The summed E-state index contributed by atoms with van der Waals surface area (Å²) in [5, 5.41) is 22.6. The van der Waals surface area contributed by atoms with Crippen molar-refractivity contribution in [1.82, 2.24) is 5.32 Å². The van der Waals surface area contributed by atoms with Crippen LogP contribution >= 0.6 is 0 Å². The molecule has 0 aromatic heterocycles. The summed E-state index contributed by atoms with van der Waals surface area (Å²) >= 11 is 0. The van der Waals surface area contributed by atoms with Gasteiger partial charge < -0.3 is 20.3 Å². The lowest BCUT2D eigenvalue weighted by atomic mass is 9.93. The number of ether oxygens (including phenoxy) is 1. The molecule has 1 aromatic rings. The first-order chi connectivity index (χ1) is 9.99. The van der Waals surface area contributed by atoms with Crippen LogP contribution in [-0.2, 0) is 9.53 Å². The van der Waals surface area contributed by atoms with Crippen molar-refractivity contribution in [2.75, 3.05) is 20.3 Å². The van der Waals surface area contributed by atoms with Gasteiger partial charge in [0.2, 0.25) is 0 Å². The van der Waals surface area contributed by atoms with E-state index in [9.17, 15) is 9.90 Å². The number of carbonyl (C=O) groups is 1. The zero-order valence-electron chi connectivity index (χ0n) is 12.9. The van der Waals surface area contributed by atoms with E-state index in [-0.39, 0.29) is 25.0 Å². The number of aliphatic hydroxyl groups excluding tert-OH is 2. The molecular weight excluding hydrogens is 270 g/mol. The third kappa shape index (κ3) is 5.46. The van der Waals surface area contributed by atoms with Gasteiger partial charge in [0, 0.05) is 19.0 Å². The van der Waals surface area contributed by atoms with Crippen molar-refractivity contribution in [2.45, 2.75) is 38.8 Å². The zero-order chi connectivity index (χ0) is 15.8. The zero-order valence-corrected chi connectivity index (χ0v) is 12.9. The Balaban J connectivity index is 2.84. The molecule has 0 aliphatic rings. The number of aliphatic hydroxyl groups is 2. The number of nitrogens with one attached hydrogen (secondary N) is 1. The summed E-state index contributed by atoms with van der Waals surface area (Å²) in [6.45, 7) is 4.27. The lowest BCUT2D eigenvalue weighted by molar-refractivity contribution is -0.141. The van der Waals surface area contributed by atoms with Crippen LogP contribution < -0.4 is 5.32 Å². The first-order valence-corrected chi connectivity index (χ1v) is 7.15. The van der Waals surface area contributed by atoms with E-state index in [1.807, 2.05) is 32.0 Å². The number of hydrogen-bond acceptors (Lipinski definition) is 5. The van der Waals surface area contributed by atoms with Crippen LogP contribution in [0.3, 0.4) is 0 Å². The van der Waals surface area contributed by atoms with E-state index in [0.29, 0.717) is 13.0 Å². The van der Waals surface area contributed by atoms with Gasteiger partial charge in [-0.25, -0.2) is 0 Å². The predicted octanol–water partition coefficient (Wildman–Crippen LogP) is 1.24. The maximum Gasteiger partial charge on any atom is 0.305 e. The summed E-state index contributed by atoms with van der Waals surface area (Å²) in [6, 6.07) is 5.61. The molecule has 2 atom stereocenters. The van der Waals surface area contributed by atoms with E-state index in [0.717, 1.165) is 16.7 Å². The van der Waals surface area contributed by atoms with Crippen LogP contribution in [0.25, 0.3) is 0 Å². The molecule has 0 radical (unpaired) electrons. The summed E-state index contributed by atoms with van der Waals surface area (Å²) in [6.07, 6.45) is -0.0657. The normalized spacial score (nSPS) is 13.8. The third-order valence-electron chi connectivity index (χ3n) is 3.54. The minimum Gasteiger partial charge on any atom is -0.469 e. The first-order valence-electron chi connectivity index (χ1n) is 7.15. The molecule has 0 heterocycles. The topological polar surface area (TPSA) is 78.8 Å². The molecule has 0 spiro atoms. The van der Waals surface area contributed by atoms with E-state index < -0.39 is 6.10 Å². The van der Waals surface area contributed by atoms with Crippen LogP contribution in [0.4, 0.5) is 0 Å².